The molecule has 94 valence electrons. The van der Waals surface area contributed by atoms with E-state index in [0.29, 0.717) is 0 Å². The van der Waals surface area contributed by atoms with E-state index in [0.717, 1.165) is 6.42 Å². The minimum absolute atomic E-state index is 1.02. The van der Waals surface area contributed by atoms with Gasteiger partial charge in [-0.1, -0.05) is 69.0 Å². The van der Waals surface area contributed by atoms with E-state index in [-0.39, 0.29) is 0 Å². The van der Waals surface area contributed by atoms with Crippen molar-refractivity contribution in [1.29, 1.82) is 0 Å². The summed E-state index contributed by atoms with van der Waals surface area (Å²) in [7, 11) is 0. The number of hydrogen-bond acceptors (Lipinski definition) is 0. The van der Waals surface area contributed by atoms with Crippen molar-refractivity contribution in [2.24, 2.45) is 0 Å². The van der Waals surface area contributed by atoms with Gasteiger partial charge in [-0.05, 0) is 31.4 Å². The van der Waals surface area contributed by atoms with Gasteiger partial charge in [0, 0.05) is 0 Å². The largest absolute Gasteiger partial charge is 0.103 e. The van der Waals surface area contributed by atoms with Crippen molar-refractivity contribution in [2.45, 2.75) is 34.1 Å². The van der Waals surface area contributed by atoms with Gasteiger partial charge in [-0.15, -0.1) is 6.58 Å². The van der Waals surface area contributed by atoms with Gasteiger partial charge >= 0.3 is 0 Å². The summed E-state index contributed by atoms with van der Waals surface area (Å²) in [5.74, 6) is 0. The molecule has 0 unspecified atom stereocenters. The van der Waals surface area contributed by atoms with Crippen LogP contribution in [-0.4, -0.2) is 0 Å². The predicted molar refractivity (Wildman–Crippen MR) is 82.3 cm³/mol. The maximum absolute atomic E-state index is 3.71. The molecule has 0 radical (unpaired) electrons. The van der Waals surface area contributed by atoms with Crippen LogP contribution in [0.4, 0.5) is 0 Å². The van der Waals surface area contributed by atoms with Crippen LogP contribution in [0.2, 0.25) is 0 Å². The molecule has 0 aliphatic heterocycles. The Hall–Kier alpha value is -1.56. The fourth-order valence-corrected chi connectivity index (χ4v) is 1.04. The summed E-state index contributed by atoms with van der Waals surface area (Å²) < 4.78 is 0. The van der Waals surface area contributed by atoms with E-state index in [9.17, 15) is 0 Å². The average Bonchev–Trinajstić information content (AvgIpc) is 2.40. The van der Waals surface area contributed by atoms with Crippen LogP contribution >= 0.6 is 0 Å². The van der Waals surface area contributed by atoms with Crippen LogP contribution in [-0.2, 0) is 6.42 Å². The van der Waals surface area contributed by atoms with Crippen molar-refractivity contribution in [1.82, 2.24) is 0 Å². The molecule has 0 fully saturated rings. The first-order valence-electron chi connectivity index (χ1n) is 6.18. The lowest BCUT2D eigenvalue weighted by Crippen LogP contribution is -1.80. The van der Waals surface area contributed by atoms with Gasteiger partial charge in [-0.3, -0.25) is 0 Å². The molecule has 0 nitrogen and oxygen atoms in total. The van der Waals surface area contributed by atoms with Crippen LogP contribution in [0.3, 0.4) is 0 Å². The molecule has 1 rings (SSSR count). The van der Waals surface area contributed by atoms with E-state index in [2.05, 4.69) is 49.6 Å². The Balaban J connectivity index is 0. The molecule has 0 heteroatoms. The van der Waals surface area contributed by atoms with Gasteiger partial charge in [0.1, 0.15) is 0 Å². The van der Waals surface area contributed by atoms with Crippen molar-refractivity contribution in [3.05, 3.63) is 66.8 Å². The zero-order valence-corrected chi connectivity index (χ0v) is 11.7. The van der Waals surface area contributed by atoms with Gasteiger partial charge in [0.25, 0.3) is 0 Å². The van der Waals surface area contributed by atoms with Crippen LogP contribution in [0.1, 0.15) is 38.8 Å². The molecular formula is C17H26. The molecular weight excluding hydrogens is 204 g/mol. The summed E-state index contributed by atoms with van der Waals surface area (Å²) >= 11 is 0. The molecule has 0 bridgehead atoms. The van der Waals surface area contributed by atoms with E-state index in [1.54, 1.807) is 6.08 Å². The lowest BCUT2D eigenvalue weighted by atomic mass is 10.1. The van der Waals surface area contributed by atoms with Crippen LogP contribution in [0.5, 0.6) is 0 Å². The first-order valence-corrected chi connectivity index (χ1v) is 6.18. The highest BCUT2D eigenvalue weighted by Crippen LogP contribution is 2.06. The molecule has 0 aliphatic carbocycles. The minimum atomic E-state index is 1.02. The van der Waals surface area contributed by atoms with Gasteiger partial charge in [0.15, 0.2) is 0 Å². The Morgan fingerprint density at radius 2 is 1.47 bits per heavy atom. The molecule has 0 spiro atoms. The Bertz CT molecular complexity index is 301. The second kappa shape index (κ2) is 14.4. The highest BCUT2D eigenvalue weighted by Gasteiger charge is 1.88. The predicted octanol–water partition coefficient (Wildman–Crippen LogP) is 5.67. The van der Waals surface area contributed by atoms with Crippen molar-refractivity contribution in [3.8, 4) is 0 Å². The molecule has 17 heavy (non-hydrogen) atoms. The Labute approximate surface area is 107 Å². The fraction of sp³-hybridized carbons (Fsp3) is 0.294. The molecule has 0 amide bonds. The topological polar surface area (TPSA) is 0 Å². The number of allylic oxidation sites excluding steroid dienone is 3. The van der Waals surface area contributed by atoms with Crippen molar-refractivity contribution in [2.75, 3.05) is 0 Å². The molecule has 0 saturated carbocycles. The standard InChI is InChI=1S/C12H14.C3H6.C2H6/c1-3-5-6-12-9-7-11(4-2)8-10-12;1-3-2;1-2/h3-5,7-10H,2,6H2,1H3;3H,1H2,2H3;1-2H3/b5-3-;;. The molecule has 0 N–H and O–H groups in total. The third-order valence-corrected chi connectivity index (χ3v) is 1.80. The SMILES string of the molecule is C=CC.C=Cc1ccc(C/C=C\C)cc1.CC. The van der Waals surface area contributed by atoms with Crippen molar-refractivity contribution in [3.63, 3.8) is 0 Å². The zero-order chi connectivity index (χ0) is 13.5. The maximum atomic E-state index is 3.71. The lowest BCUT2D eigenvalue weighted by molar-refractivity contribution is 1.26. The summed E-state index contributed by atoms with van der Waals surface area (Å²) in [6.07, 6.45) is 8.86. The molecule has 0 atom stereocenters. The molecule has 0 saturated heterocycles. The smallest absolute Gasteiger partial charge is 0.00976 e. The third kappa shape index (κ3) is 10.7. The lowest BCUT2D eigenvalue weighted by Gasteiger charge is -1.96. The van der Waals surface area contributed by atoms with E-state index >= 15 is 0 Å². The van der Waals surface area contributed by atoms with Crippen LogP contribution in [0.25, 0.3) is 6.08 Å². The average molecular weight is 230 g/mol. The highest BCUT2D eigenvalue weighted by atomic mass is 13.9. The second-order valence-electron chi connectivity index (χ2n) is 3.13. The molecule has 1 aromatic rings. The summed E-state index contributed by atoms with van der Waals surface area (Å²) in [5.41, 5.74) is 2.53. The first-order chi connectivity index (χ1) is 8.28. The molecule has 1 aromatic carbocycles. The summed E-state index contributed by atoms with van der Waals surface area (Å²) in [6, 6.07) is 8.45. The van der Waals surface area contributed by atoms with Gasteiger partial charge in [0.2, 0.25) is 0 Å². The monoisotopic (exact) mass is 230 g/mol. The van der Waals surface area contributed by atoms with Crippen LogP contribution in [0.15, 0.2) is 55.7 Å². The van der Waals surface area contributed by atoms with Gasteiger partial charge in [-0.25, -0.2) is 0 Å². The third-order valence-electron chi connectivity index (χ3n) is 1.80. The Kier molecular flexibility index (Phi) is 15.1. The summed E-state index contributed by atoms with van der Waals surface area (Å²) in [4.78, 5) is 0. The van der Waals surface area contributed by atoms with E-state index in [1.807, 2.05) is 33.8 Å². The van der Waals surface area contributed by atoms with Crippen LogP contribution in [0, 0.1) is 0 Å². The van der Waals surface area contributed by atoms with Crippen LogP contribution < -0.4 is 0 Å². The minimum Gasteiger partial charge on any atom is -0.103 e. The van der Waals surface area contributed by atoms with Gasteiger partial charge < -0.3 is 0 Å². The number of benzene rings is 1. The van der Waals surface area contributed by atoms with E-state index in [1.165, 1.54) is 11.1 Å². The van der Waals surface area contributed by atoms with Gasteiger partial charge in [0.05, 0.1) is 0 Å². The maximum Gasteiger partial charge on any atom is -0.00976 e. The summed E-state index contributed by atoms with van der Waals surface area (Å²) in [5, 5.41) is 0. The first kappa shape index (κ1) is 17.8. The van der Waals surface area contributed by atoms with E-state index in [4.69, 9.17) is 0 Å². The number of hydrogen-bond donors (Lipinski definition) is 0. The number of rotatable bonds is 3. The highest BCUT2D eigenvalue weighted by molar-refractivity contribution is 5.47. The van der Waals surface area contributed by atoms with Crippen molar-refractivity contribution < 1.29 is 0 Å². The van der Waals surface area contributed by atoms with E-state index < -0.39 is 0 Å². The summed E-state index contributed by atoms with van der Waals surface area (Å²) in [6.45, 7) is 15.0. The fourth-order valence-electron chi connectivity index (χ4n) is 1.04. The second-order valence-corrected chi connectivity index (χ2v) is 3.13. The quantitative estimate of drug-likeness (QED) is 0.587. The van der Waals surface area contributed by atoms with Gasteiger partial charge in [-0.2, -0.15) is 0 Å². The van der Waals surface area contributed by atoms with Crippen molar-refractivity contribution >= 4 is 6.08 Å². The Morgan fingerprint density at radius 1 is 1.00 bits per heavy atom. The zero-order valence-electron chi connectivity index (χ0n) is 11.7. The normalized spacial score (nSPS) is 8.47. The Morgan fingerprint density at radius 3 is 1.82 bits per heavy atom. The molecule has 0 aliphatic rings. The molecule has 0 heterocycles. The molecule has 0 aromatic heterocycles.